The van der Waals surface area contributed by atoms with Crippen molar-refractivity contribution in [2.75, 3.05) is 0 Å². The van der Waals surface area contributed by atoms with E-state index in [1.54, 1.807) is 6.07 Å². The third-order valence-electron chi connectivity index (χ3n) is 4.09. The van der Waals surface area contributed by atoms with Gasteiger partial charge < -0.3 is 5.11 Å². The minimum Gasteiger partial charge on any atom is -0.477 e. The van der Waals surface area contributed by atoms with Crippen molar-refractivity contribution >= 4 is 51.2 Å². The summed E-state index contributed by atoms with van der Waals surface area (Å²) in [5.74, 6) is -1.04. The maximum absolute atomic E-state index is 11.2. The van der Waals surface area contributed by atoms with Crippen LogP contribution in [0.3, 0.4) is 0 Å². The lowest BCUT2D eigenvalue weighted by Crippen LogP contribution is -2.23. The van der Waals surface area contributed by atoms with E-state index < -0.39 is 11.4 Å². The second kappa shape index (κ2) is 7.55. The third-order valence-corrected chi connectivity index (χ3v) is 5.51. The Hall–Kier alpha value is -1.62. The Balaban J connectivity index is 2.06. The van der Waals surface area contributed by atoms with Crippen LogP contribution in [0.25, 0.3) is 11.3 Å². The fraction of sp³-hybridized carbons (Fsp3) is 0.158. The van der Waals surface area contributed by atoms with Crippen molar-refractivity contribution in [1.82, 2.24) is 15.0 Å². The molecule has 0 fully saturated rings. The van der Waals surface area contributed by atoms with E-state index in [-0.39, 0.29) is 5.69 Å². The lowest BCUT2D eigenvalue weighted by molar-refractivity contribution is 0.0690. The van der Waals surface area contributed by atoms with Crippen LogP contribution in [0.15, 0.2) is 48.5 Å². The summed E-state index contributed by atoms with van der Waals surface area (Å²) in [5.41, 5.74) is 2.78. The average Bonchev–Trinajstić information content (AvgIpc) is 2.62. The number of rotatable bonds is 4. The van der Waals surface area contributed by atoms with Gasteiger partial charge in [-0.25, -0.2) is 14.8 Å². The van der Waals surface area contributed by atoms with Crippen molar-refractivity contribution in [2.45, 2.75) is 19.3 Å². The predicted molar refractivity (Wildman–Crippen MR) is 116 cm³/mol. The van der Waals surface area contributed by atoms with Crippen molar-refractivity contribution in [1.29, 1.82) is 0 Å². The molecule has 0 atom stereocenters. The van der Waals surface area contributed by atoms with Crippen LogP contribution >= 0.6 is 45.2 Å². The van der Waals surface area contributed by atoms with Crippen LogP contribution in [-0.2, 0) is 5.41 Å². The topological polar surface area (TPSA) is 76.0 Å². The lowest BCUT2D eigenvalue weighted by atomic mass is 9.84. The van der Waals surface area contributed by atoms with Crippen LogP contribution in [0.4, 0.5) is 0 Å². The van der Waals surface area contributed by atoms with E-state index >= 15 is 0 Å². The predicted octanol–water partition coefficient (Wildman–Crippen LogP) is 4.77. The van der Waals surface area contributed by atoms with Crippen molar-refractivity contribution in [3.63, 3.8) is 0 Å². The van der Waals surface area contributed by atoms with E-state index in [4.69, 9.17) is 4.98 Å². The van der Waals surface area contributed by atoms with Crippen molar-refractivity contribution < 1.29 is 9.90 Å². The second-order valence-electron chi connectivity index (χ2n) is 6.22. The number of hydrogen-bond acceptors (Lipinski definition) is 4. The molecule has 0 unspecified atom stereocenters. The number of aromatic carboxylic acids is 1. The van der Waals surface area contributed by atoms with Crippen LogP contribution in [0.1, 0.15) is 35.7 Å². The number of hydrogen-bond donors (Lipinski definition) is 1. The number of nitrogens with zero attached hydrogens (tertiary/aromatic N) is 3. The molecular formula is C19H15I2N3O2. The molecule has 0 bridgehead atoms. The first kappa shape index (κ1) is 19.2. The Morgan fingerprint density at radius 2 is 1.58 bits per heavy atom. The molecule has 0 amide bonds. The molecule has 0 aliphatic rings. The normalized spacial score (nSPS) is 11.4. The quantitative estimate of drug-likeness (QED) is 0.361. The fourth-order valence-corrected chi connectivity index (χ4v) is 4.17. The molecule has 0 saturated heterocycles. The molecule has 0 aromatic carbocycles. The first-order valence-corrected chi connectivity index (χ1v) is 9.95. The first-order chi connectivity index (χ1) is 12.3. The molecule has 0 radical (unpaired) electrons. The van der Waals surface area contributed by atoms with Gasteiger partial charge in [0.05, 0.1) is 17.1 Å². The number of pyridine rings is 3. The van der Waals surface area contributed by atoms with Gasteiger partial charge in [0.25, 0.3) is 0 Å². The molecule has 3 aromatic heterocycles. The smallest absolute Gasteiger partial charge is 0.354 e. The molecular weight excluding hydrogens is 556 g/mol. The van der Waals surface area contributed by atoms with E-state index in [0.29, 0.717) is 5.69 Å². The van der Waals surface area contributed by atoms with E-state index in [1.807, 2.05) is 50.2 Å². The van der Waals surface area contributed by atoms with Crippen LogP contribution in [0.2, 0.25) is 0 Å². The molecule has 1 N–H and O–H groups in total. The Kier molecular flexibility index (Phi) is 5.56. The molecule has 0 aliphatic carbocycles. The number of carbonyl (C=O) groups is 1. The van der Waals surface area contributed by atoms with Crippen molar-refractivity contribution in [3.05, 3.63) is 73.0 Å². The average molecular weight is 571 g/mol. The summed E-state index contributed by atoms with van der Waals surface area (Å²) in [7, 11) is 0. The summed E-state index contributed by atoms with van der Waals surface area (Å²) >= 11 is 4.40. The van der Waals surface area contributed by atoms with Gasteiger partial charge in [0.1, 0.15) is 13.1 Å². The Morgan fingerprint density at radius 1 is 0.923 bits per heavy atom. The summed E-state index contributed by atoms with van der Waals surface area (Å²) in [6.07, 6.45) is 0. The van der Waals surface area contributed by atoms with Crippen LogP contribution in [0.5, 0.6) is 0 Å². The van der Waals surface area contributed by atoms with E-state index in [0.717, 1.165) is 24.4 Å². The Bertz CT molecular complexity index is 990. The molecule has 132 valence electrons. The van der Waals surface area contributed by atoms with Gasteiger partial charge in [-0.2, -0.15) is 0 Å². The SMILES string of the molecule is CC(C)(c1cccc(C(=O)O)n1)c1cccc(-c2ccc(I)nc2I)n1. The molecule has 3 rings (SSSR count). The van der Waals surface area contributed by atoms with Crippen LogP contribution in [0, 0.1) is 7.40 Å². The van der Waals surface area contributed by atoms with Gasteiger partial charge in [-0.1, -0.05) is 12.1 Å². The maximum Gasteiger partial charge on any atom is 0.354 e. The summed E-state index contributed by atoms with van der Waals surface area (Å²) in [4.78, 5) is 24.8. The van der Waals surface area contributed by atoms with Gasteiger partial charge in [-0.3, -0.25) is 4.98 Å². The highest BCUT2D eigenvalue weighted by atomic mass is 127. The Morgan fingerprint density at radius 3 is 2.23 bits per heavy atom. The summed E-state index contributed by atoms with van der Waals surface area (Å²) in [6.45, 7) is 3.98. The van der Waals surface area contributed by atoms with Gasteiger partial charge in [0, 0.05) is 11.0 Å². The molecule has 0 aliphatic heterocycles. The minimum absolute atomic E-state index is 0.0307. The highest BCUT2D eigenvalue weighted by molar-refractivity contribution is 14.1. The van der Waals surface area contributed by atoms with Crippen molar-refractivity contribution in [2.24, 2.45) is 0 Å². The number of carboxylic acid groups (broad SMARTS) is 1. The van der Waals surface area contributed by atoms with E-state index in [9.17, 15) is 9.90 Å². The van der Waals surface area contributed by atoms with Gasteiger partial charge in [-0.05, 0) is 95.4 Å². The zero-order chi connectivity index (χ0) is 18.9. The van der Waals surface area contributed by atoms with Gasteiger partial charge >= 0.3 is 5.97 Å². The number of carboxylic acids is 1. The molecule has 5 nitrogen and oxygen atoms in total. The third kappa shape index (κ3) is 3.88. The summed E-state index contributed by atoms with van der Waals surface area (Å²) in [5, 5.41) is 9.20. The zero-order valence-corrected chi connectivity index (χ0v) is 18.4. The highest BCUT2D eigenvalue weighted by Gasteiger charge is 2.27. The standard InChI is InChI=1S/C19H15I2N3O2/c1-19(2,15-8-4-6-13(23-15)18(25)26)14-7-3-5-12(22-14)11-9-10-16(20)24-17(11)21/h3-10H,1-2H3,(H,25,26). The minimum atomic E-state index is -1.04. The number of halogens is 2. The molecule has 3 aromatic rings. The monoisotopic (exact) mass is 571 g/mol. The van der Waals surface area contributed by atoms with Crippen molar-refractivity contribution in [3.8, 4) is 11.3 Å². The zero-order valence-electron chi connectivity index (χ0n) is 14.1. The Labute approximate surface area is 178 Å². The molecule has 7 heteroatoms. The van der Waals surface area contributed by atoms with Crippen LogP contribution in [-0.4, -0.2) is 26.0 Å². The van der Waals surface area contributed by atoms with Gasteiger partial charge in [-0.15, -0.1) is 0 Å². The maximum atomic E-state index is 11.2. The summed E-state index contributed by atoms with van der Waals surface area (Å²) in [6, 6.07) is 14.8. The molecule has 3 heterocycles. The van der Waals surface area contributed by atoms with Crippen LogP contribution < -0.4 is 0 Å². The fourth-order valence-electron chi connectivity index (χ4n) is 2.57. The lowest BCUT2D eigenvalue weighted by Gasteiger charge is -2.24. The highest BCUT2D eigenvalue weighted by Crippen LogP contribution is 2.31. The largest absolute Gasteiger partial charge is 0.477 e. The molecule has 0 spiro atoms. The first-order valence-electron chi connectivity index (χ1n) is 7.80. The summed E-state index contributed by atoms with van der Waals surface area (Å²) < 4.78 is 1.82. The second-order valence-corrected chi connectivity index (χ2v) is 8.35. The van der Waals surface area contributed by atoms with Gasteiger partial charge in [0.15, 0.2) is 0 Å². The molecule has 26 heavy (non-hydrogen) atoms. The van der Waals surface area contributed by atoms with E-state index in [1.165, 1.54) is 6.07 Å². The molecule has 0 saturated carbocycles. The number of aromatic nitrogens is 3. The van der Waals surface area contributed by atoms with E-state index in [2.05, 4.69) is 55.1 Å². The van der Waals surface area contributed by atoms with Gasteiger partial charge in [0.2, 0.25) is 0 Å².